The Hall–Kier alpha value is -0.490. The van der Waals surface area contributed by atoms with Gasteiger partial charge in [-0.05, 0) is 37.6 Å². The summed E-state index contributed by atoms with van der Waals surface area (Å²) in [5.41, 5.74) is 0.0868. The second kappa shape index (κ2) is 7.94. The van der Waals surface area contributed by atoms with E-state index in [1.54, 1.807) is 20.1 Å². The Labute approximate surface area is 122 Å². The van der Waals surface area contributed by atoms with E-state index in [-0.39, 0.29) is 5.82 Å². The van der Waals surface area contributed by atoms with Crippen molar-refractivity contribution in [1.82, 2.24) is 5.32 Å². The van der Waals surface area contributed by atoms with E-state index < -0.39 is 5.60 Å². The van der Waals surface area contributed by atoms with Crippen molar-refractivity contribution in [3.05, 3.63) is 34.1 Å². The number of hydrogen-bond donors (Lipinski definition) is 2. The zero-order valence-electron chi connectivity index (χ0n) is 11.4. The molecule has 0 fully saturated rings. The third kappa shape index (κ3) is 6.47. The molecule has 1 aromatic rings. The van der Waals surface area contributed by atoms with Crippen molar-refractivity contribution >= 4 is 15.9 Å². The topological polar surface area (TPSA) is 41.5 Å². The van der Waals surface area contributed by atoms with Crippen LogP contribution >= 0.6 is 15.9 Å². The Morgan fingerprint density at radius 1 is 1.42 bits per heavy atom. The maximum Gasteiger partial charge on any atom is 0.124 e. The van der Waals surface area contributed by atoms with Crippen LogP contribution < -0.4 is 5.32 Å². The van der Waals surface area contributed by atoms with Gasteiger partial charge in [0, 0.05) is 24.5 Å². The molecule has 0 aliphatic carbocycles. The highest BCUT2D eigenvalue weighted by molar-refractivity contribution is 9.10. The van der Waals surface area contributed by atoms with Gasteiger partial charge in [0.25, 0.3) is 0 Å². The molecule has 0 aromatic heterocycles. The van der Waals surface area contributed by atoms with Gasteiger partial charge in [-0.1, -0.05) is 22.0 Å². The number of nitrogens with one attached hydrogen (secondary N) is 1. The SMILES string of the molecule is COCCNCCC(C)(O)Cc1ccc(F)cc1Br. The van der Waals surface area contributed by atoms with Crippen molar-refractivity contribution in [3.8, 4) is 0 Å². The Bertz CT molecular complexity index is 399. The number of hydrogen-bond acceptors (Lipinski definition) is 3. The molecule has 1 aromatic carbocycles. The summed E-state index contributed by atoms with van der Waals surface area (Å²) in [5, 5.41) is 13.5. The summed E-state index contributed by atoms with van der Waals surface area (Å²) in [6.07, 6.45) is 1.11. The molecule has 0 spiro atoms. The van der Waals surface area contributed by atoms with Gasteiger partial charge in [-0.15, -0.1) is 0 Å². The molecule has 0 aliphatic rings. The summed E-state index contributed by atoms with van der Waals surface area (Å²) in [6.45, 7) is 3.94. The first-order valence-electron chi connectivity index (χ1n) is 6.30. The lowest BCUT2D eigenvalue weighted by atomic mass is 9.93. The fourth-order valence-corrected chi connectivity index (χ4v) is 2.31. The zero-order chi connectivity index (χ0) is 14.3. The monoisotopic (exact) mass is 333 g/mol. The van der Waals surface area contributed by atoms with Crippen LogP contribution in [0.3, 0.4) is 0 Å². The van der Waals surface area contributed by atoms with Crippen LogP contribution in [-0.2, 0) is 11.2 Å². The Morgan fingerprint density at radius 3 is 2.79 bits per heavy atom. The van der Waals surface area contributed by atoms with Crippen LogP contribution in [0.2, 0.25) is 0 Å². The lowest BCUT2D eigenvalue weighted by molar-refractivity contribution is 0.0508. The third-order valence-electron chi connectivity index (χ3n) is 2.91. The zero-order valence-corrected chi connectivity index (χ0v) is 13.0. The Balaban J connectivity index is 2.44. The molecule has 0 saturated carbocycles. The van der Waals surface area contributed by atoms with Gasteiger partial charge in [0.1, 0.15) is 5.82 Å². The molecule has 2 N–H and O–H groups in total. The largest absolute Gasteiger partial charge is 0.390 e. The number of aliphatic hydroxyl groups is 1. The second-order valence-electron chi connectivity index (χ2n) is 4.90. The van der Waals surface area contributed by atoms with Crippen molar-refractivity contribution in [2.24, 2.45) is 0 Å². The summed E-state index contributed by atoms with van der Waals surface area (Å²) in [4.78, 5) is 0. The highest BCUT2D eigenvalue weighted by Gasteiger charge is 2.21. The summed E-state index contributed by atoms with van der Waals surface area (Å²) < 4.78 is 18.6. The predicted molar refractivity (Wildman–Crippen MR) is 77.8 cm³/mol. The molecule has 0 saturated heterocycles. The predicted octanol–water partition coefficient (Wildman–Crippen LogP) is 2.51. The summed E-state index contributed by atoms with van der Waals surface area (Å²) >= 11 is 3.32. The van der Waals surface area contributed by atoms with Gasteiger partial charge in [-0.3, -0.25) is 0 Å². The maximum absolute atomic E-state index is 13.0. The lowest BCUT2D eigenvalue weighted by Gasteiger charge is -2.24. The van der Waals surface area contributed by atoms with Crippen LogP contribution in [-0.4, -0.2) is 37.5 Å². The number of ether oxygens (including phenoxy) is 1. The molecule has 3 nitrogen and oxygen atoms in total. The van der Waals surface area contributed by atoms with Gasteiger partial charge in [0.15, 0.2) is 0 Å². The summed E-state index contributed by atoms with van der Waals surface area (Å²) in [5.74, 6) is -0.281. The Morgan fingerprint density at radius 2 is 2.16 bits per heavy atom. The van der Waals surface area contributed by atoms with Crippen LogP contribution in [0.15, 0.2) is 22.7 Å². The van der Waals surface area contributed by atoms with E-state index in [9.17, 15) is 9.50 Å². The number of benzene rings is 1. The van der Waals surface area contributed by atoms with Gasteiger partial charge >= 0.3 is 0 Å². The molecule has 1 atom stereocenters. The molecule has 5 heteroatoms. The molecule has 1 rings (SSSR count). The quantitative estimate of drug-likeness (QED) is 0.718. The van der Waals surface area contributed by atoms with Crippen molar-refractivity contribution < 1.29 is 14.2 Å². The van der Waals surface area contributed by atoms with Gasteiger partial charge in [0.2, 0.25) is 0 Å². The van der Waals surface area contributed by atoms with E-state index in [2.05, 4.69) is 21.2 Å². The molecule has 0 radical (unpaired) electrons. The molecular formula is C14H21BrFNO2. The van der Waals surface area contributed by atoms with Crippen LogP contribution in [0.5, 0.6) is 0 Å². The van der Waals surface area contributed by atoms with Crippen LogP contribution in [0.4, 0.5) is 4.39 Å². The van der Waals surface area contributed by atoms with Crippen molar-refractivity contribution in [2.45, 2.75) is 25.4 Å². The molecule has 108 valence electrons. The Kier molecular flexibility index (Phi) is 6.93. The number of rotatable bonds is 8. The van der Waals surface area contributed by atoms with E-state index in [0.717, 1.165) is 18.7 Å². The second-order valence-corrected chi connectivity index (χ2v) is 5.76. The molecule has 0 amide bonds. The minimum Gasteiger partial charge on any atom is -0.390 e. The normalized spacial score (nSPS) is 14.4. The van der Waals surface area contributed by atoms with Gasteiger partial charge in [-0.2, -0.15) is 0 Å². The van der Waals surface area contributed by atoms with Crippen LogP contribution in [0.1, 0.15) is 18.9 Å². The van der Waals surface area contributed by atoms with Crippen LogP contribution in [0, 0.1) is 5.82 Å². The number of halogens is 2. The first kappa shape index (κ1) is 16.6. The van der Waals surface area contributed by atoms with E-state index >= 15 is 0 Å². The number of methoxy groups -OCH3 is 1. The average molecular weight is 334 g/mol. The minimum absolute atomic E-state index is 0.281. The molecule has 0 bridgehead atoms. The van der Waals surface area contributed by atoms with E-state index in [0.29, 0.717) is 23.9 Å². The molecule has 1 unspecified atom stereocenters. The average Bonchev–Trinajstić information content (AvgIpc) is 2.32. The van der Waals surface area contributed by atoms with Gasteiger partial charge in [-0.25, -0.2) is 4.39 Å². The maximum atomic E-state index is 13.0. The summed E-state index contributed by atoms with van der Waals surface area (Å²) in [7, 11) is 1.66. The third-order valence-corrected chi connectivity index (χ3v) is 3.65. The highest BCUT2D eigenvalue weighted by atomic mass is 79.9. The fourth-order valence-electron chi connectivity index (χ4n) is 1.82. The van der Waals surface area contributed by atoms with Crippen molar-refractivity contribution in [3.63, 3.8) is 0 Å². The molecule has 0 heterocycles. The lowest BCUT2D eigenvalue weighted by Crippen LogP contribution is -2.33. The van der Waals surface area contributed by atoms with Crippen LogP contribution in [0.25, 0.3) is 0 Å². The smallest absolute Gasteiger partial charge is 0.124 e. The standard InChI is InChI=1S/C14H21BrFNO2/c1-14(18,5-6-17-7-8-19-2)10-11-3-4-12(16)9-13(11)15/h3-4,9,17-18H,5-8,10H2,1-2H3. The van der Waals surface area contributed by atoms with E-state index in [4.69, 9.17) is 4.74 Å². The van der Waals surface area contributed by atoms with Crippen molar-refractivity contribution in [1.29, 1.82) is 0 Å². The summed E-state index contributed by atoms with van der Waals surface area (Å²) in [6, 6.07) is 4.53. The molecule has 19 heavy (non-hydrogen) atoms. The first-order valence-corrected chi connectivity index (χ1v) is 7.10. The highest BCUT2D eigenvalue weighted by Crippen LogP contribution is 2.24. The van der Waals surface area contributed by atoms with Gasteiger partial charge in [0.05, 0.1) is 12.2 Å². The van der Waals surface area contributed by atoms with Gasteiger partial charge < -0.3 is 15.2 Å². The molecule has 0 aliphatic heterocycles. The molecular weight excluding hydrogens is 313 g/mol. The minimum atomic E-state index is -0.819. The van der Waals surface area contributed by atoms with E-state index in [1.165, 1.54) is 12.1 Å². The first-order chi connectivity index (χ1) is 8.94. The fraction of sp³-hybridized carbons (Fsp3) is 0.571. The van der Waals surface area contributed by atoms with Crippen molar-refractivity contribution in [2.75, 3.05) is 26.8 Å². The van der Waals surface area contributed by atoms with E-state index in [1.807, 2.05) is 0 Å².